The molecule has 3 amide bonds. The predicted octanol–water partition coefficient (Wildman–Crippen LogP) is 5.78. The summed E-state index contributed by atoms with van der Waals surface area (Å²) in [6.07, 6.45) is 4.22. The number of benzene rings is 3. The third kappa shape index (κ3) is 9.72. The smallest absolute Gasteiger partial charge is 0.259 e. The molecule has 0 bridgehead atoms. The Kier molecular flexibility index (Phi) is 14.6. The lowest BCUT2D eigenvalue weighted by Gasteiger charge is -2.22. The number of rotatable bonds is 19. The number of nitriles is 1. The lowest BCUT2D eigenvalue weighted by Crippen LogP contribution is -2.35. The highest BCUT2D eigenvalue weighted by Crippen LogP contribution is 2.43. The van der Waals surface area contributed by atoms with Crippen molar-refractivity contribution < 1.29 is 38.1 Å². The lowest BCUT2D eigenvalue weighted by atomic mass is 10.1. The van der Waals surface area contributed by atoms with Crippen LogP contribution in [-0.2, 0) is 9.53 Å². The number of carbonyl (C=O) groups is 3. The van der Waals surface area contributed by atoms with Crippen LogP contribution in [0.5, 0.6) is 23.0 Å². The first-order valence-electron chi connectivity index (χ1n) is 15.4. The molecule has 0 heterocycles. The lowest BCUT2D eigenvalue weighted by molar-refractivity contribution is -0.117. The summed E-state index contributed by atoms with van der Waals surface area (Å²) in [5, 5.41) is 17.0. The van der Waals surface area contributed by atoms with Crippen molar-refractivity contribution in [1.82, 2.24) is 0 Å². The van der Waals surface area contributed by atoms with Gasteiger partial charge in [-0.3, -0.25) is 14.4 Å². The molecule has 0 spiro atoms. The number of methoxy groups -OCH3 is 2. The zero-order valence-electron chi connectivity index (χ0n) is 28.2. The van der Waals surface area contributed by atoms with E-state index in [0.717, 1.165) is 0 Å². The van der Waals surface area contributed by atoms with Gasteiger partial charge in [-0.15, -0.1) is 6.58 Å². The molecule has 50 heavy (non-hydrogen) atoms. The molecule has 2 atom stereocenters. The van der Waals surface area contributed by atoms with Gasteiger partial charge in [0.15, 0.2) is 23.0 Å². The molecule has 1 unspecified atom stereocenters. The molecular weight excluding hydrogens is 642 g/mol. The molecule has 3 aromatic rings. The second-order valence-corrected chi connectivity index (χ2v) is 10.5. The molecule has 0 aliphatic carbocycles. The minimum Gasteiger partial charge on any atom is -0.491 e. The van der Waals surface area contributed by atoms with Gasteiger partial charge < -0.3 is 45.4 Å². The SMILES string of the molecule is C=CCOc1c(C(=O)Nc2ccc(C(C)OCC=C)c(OCC=C)c2OC)ccc(NC(=O)c2ccc(NC(=O)[C@@H](N)CC#N)cc2)c1OC. The van der Waals surface area contributed by atoms with Crippen molar-refractivity contribution >= 4 is 34.8 Å². The van der Waals surface area contributed by atoms with E-state index in [4.69, 9.17) is 34.7 Å². The number of nitrogens with zero attached hydrogens (tertiary/aromatic N) is 1. The Morgan fingerprint density at radius 3 is 1.92 bits per heavy atom. The number of anilines is 3. The fraction of sp³-hybridized carbons (Fsp3) is 0.243. The Bertz CT molecular complexity index is 1750. The highest BCUT2D eigenvalue weighted by atomic mass is 16.5. The van der Waals surface area contributed by atoms with Gasteiger partial charge in [0.1, 0.15) is 13.2 Å². The van der Waals surface area contributed by atoms with Gasteiger partial charge in [-0.25, -0.2) is 0 Å². The summed E-state index contributed by atoms with van der Waals surface area (Å²) in [5.41, 5.74) is 7.66. The molecule has 262 valence electrons. The van der Waals surface area contributed by atoms with E-state index < -0.39 is 23.8 Å². The molecule has 5 N–H and O–H groups in total. The summed E-state index contributed by atoms with van der Waals surface area (Å²) in [7, 11) is 2.84. The topological polar surface area (TPSA) is 183 Å². The molecular formula is C37H41N5O8. The van der Waals surface area contributed by atoms with Gasteiger partial charge in [-0.05, 0) is 49.4 Å². The molecule has 3 aromatic carbocycles. The van der Waals surface area contributed by atoms with Gasteiger partial charge in [0.2, 0.25) is 5.91 Å². The molecule has 0 saturated heterocycles. The van der Waals surface area contributed by atoms with Crippen LogP contribution >= 0.6 is 0 Å². The number of hydrogen-bond donors (Lipinski definition) is 4. The van der Waals surface area contributed by atoms with Crippen LogP contribution in [0.3, 0.4) is 0 Å². The number of nitrogens with one attached hydrogen (secondary N) is 3. The van der Waals surface area contributed by atoms with Crippen molar-refractivity contribution in [3.8, 4) is 29.1 Å². The second kappa shape index (κ2) is 19.0. The summed E-state index contributed by atoms with van der Waals surface area (Å²) in [6, 6.07) is 13.4. The maximum absolute atomic E-state index is 13.8. The van der Waals surface area contributed by atoms with E-state index in [1.165, 1.54) is 56.7 Å². The largest absolute Gasteiger partial charge is 0.491 e. The maximum atomic E-state index is 13.8. The maximum Gasteiger partial charge on any atom is 0.259 e. The molecule has 13 nitrogen and oxygen atoms in total. The normalized spacial score (nSPS) is 11.5. The van der Waals surface area contributed by atoms with Crippen LogP contribution in [0, 0.1) is 11.3 Å². The average Bonchev–Trinajstić information content (AvgIpc) is 3.12. The Balaban J connectivity index is 1.92. The van der Waals surface area contributed by atoms with Gasteiger partial charge in [0.25, 0.3) is 11.8 Å². The van der Waals surface area contributed by atoms with Crippen LogP contribution in [0.2, 0.25) is 0 Å². The van der Waals surface area contributed by atoms with Crippen molar-refractivity contribution in [2.75, 3.05) is 50.0 Å². The molecule has 13 heteroatoms. The average molecular weight is 684 g/mol. The van der Waals surface area contributed by atoms with Gasteiger partial charge in [-0.2, -0.15) is 5.26 Å². The van der Waals surface area contributed by atoms with Crippen molar-refractivity contribution in [3.63, 3.8) is 0 Å². The Morgan fingerprint density at radius 1 is 0.780 bits per heavy atom. The molecule has 0 aromatic heterocycles. The summed E-state index contributed by atoms with van der Waals surface area (Å²) in [6.45, 7) is 13.5. The van der Waals surface area contributed by atoms with E-state index >= 15 is 0 Å². The molecule has 0 aliphatic rings. The number of carbonyl (C=O) groups excluding carboxylic acids is 3. The van der Waals surface area contributed by atoms with Gasteiger partial charge in [0, 0.05) is 16.8 Å². The fourth-order valence-corrected chi connectivity index (χ4v) is 4.64. The fourth-order valence-electron chi connectivity index (χ4n) is 4.64. The first kappa shape index (κ1) is 38.3. The van der Waals surface area contributed by atoms with E-state index in [1.54, 1.807) is 24.3 Å². The monoisotopic (exact) mass is 683 g/mol. The zero-order valence-corrected chi connectivity index (χ0v) is 28.2. The third-order valence-corrected chi connectivity index (χ3v) is 7.06. The third-order valence-electron chi connectivity index (χ3n) is 7.06. The van der Waals surface area contributed by atoms with Crippen LogP contribution in [-0.4, -0.2) is 57.8 Å². The van der Waals surface area contributed by atoms with Crippen molar-refractivity contribution in [3.05, 3.63) is 103 Å². The van der Waals surface area contributed by atoms with E-state index in [9.17, 15) is 14.4 Å². The number of ether oxygens (including phenoxy) is 5. The highest BCUT2D eigenvalue weighted by Gasteiger charge is 2.25. The van der Waals surface area contributed by atoms with Crippen molar-refractivity contribution in [1.29, 1.82) is 5.26 Å². The predicted molar refractivity (Wildman–Crippen MR) is 191 cm³/mol. The molecule has 3 rings (SSSR count). The van der Waals surface area contributed by atoms with E-state index in [2.05, 4.69) is 35.7 Å². The van der Waals surface area contributed by atoms with Gasteiger partial charge >= 0.3 is 0 Å². The van der Waals surface area contributed by atoms with Crippen LogP contribution in [0.15, 0.2) is 86.5 Å². The summed E-state index contributed by atoms with van der Waals surface area (Å²) >= 11 is 0. The Labute approximate surface area is 291 Å². The number of amides is 3. The Hall–Kier alpha value is -6.10. The molecule has 0 aliphatic heterocycles. The van der Waals surface area contributed by atoms with Crippen LogP contribution in [0.4, 0.5) is 17.1 Å². The summed E-state index contributed by atoms with van der Waals surface area (Å²) < 4.78 is 29.0. The number of nitrogens with two attached hydrogens (primary N) is 1. The summed E-state index contributed by atoms with van der Waals surface area (Å²) in [4.78, 5) is 39.1. The first-order valence-corrected chi connectivity index (χ1v) is 15.4. The number of hydrogen-bond acceptors (Lipinski definition) is 10. The van der Waals surface area contributed by atoms with Crippen molar-refractivity contribution in [2.24, 2.45) is 5.73 Å². The quantitative estimate of drug-likeness (QED) is 0.113. The summed E-state index contributed by atoms with van der Waals surface area (Å²) in [5.74, 6) is -0.801. The minimum atomic E-state index is -0.981. The van der Waals surface area contributed by atoms with Crippen LogP contribution in [0.25, 0.3) is 0 Å². The van der Waals surface area contributed by atoms with Crippen LogP contribution < -0.4 is 40.6 Å². The molecule has 0 saturated carbocycles. The first-order chi connectivity index (χ1) is 24.1. The standard InChI is InChI=1S/C37H41N5O8/c1-7-20-48-23(4)26-14-16-30(33(46-5)31(26)49-21-8-2)42-36(44)27-15-17-29(34(47-6)32(27)50-22-9-3)41-35(43)24-10-12-25(13-11-24)40-37(45)28(39)18-19-38/h7-17,23,28H,1-3,18,20-22,39H2,4-6H3,(H,40,45)(H,41,43)(H,42,44)/t23?,28-/m0/s1. The van der Waals surface area contributed by atoms with Crippen molar-refractivity contribution in [2.45, 2.75) is 25.5 Å². The minimum absolute atomic E-state index is 0.0272. The van der Waals surface area contributed by atoms with Gasteiger partial charge in [0.05, 0.1) is 62.4 Å². The second-order valence-electron chi connectivity index (χ2n) is 10.5. The highest BCUT2D eigenvalue weighted by molar-refractivity contribution is 6.10. The Morgan fingerprint density at radius 2 is 1.34 bits per heavy atom. The molecule has 0 fully saturated rings. The van der Waals surface area contributed by atoms with Gasteiger partial charge in [-0.1, -0.05) is 37.5 Å². The van der Waals surface area contributed by atoms with Crippen LogP contribution in [0.1, 0.15) is 45.7 Å². The van der Waals surface area contributed by atoms with E-state index in [0.29, 0.717) is 29.3 Å². The van der Waals surface area contributed by atoms with E-state index in [-0.39, 0.29) is 59.8 Å². The zero-order chi connectivity index (χ0) is 36.6. The van der Waals surface area contributed by atoms with E-state index in [1.807, 2.05) is 13.0 Å². The molecule has 0 radical (unpaired) electrons.